The van der Waals surface area contributed by atoms with E-state index in [1.54, 1.807) is 0 Å². The van der Waals surface area contributed by atoms with Crippen LogP contribution in [-0.2, 0) is 0 Å². The molecule has 0 fully saturated rings. The van der Waals surface area contributed by atoms with Crippen LogP contribution in [0, 0.1) is 0 Å². The summed E-state index contributed by atoms with van der Waals surface area (Å²) in [7, 11) is 0. The Bertz CT molecular complexity index is 3110. The minimum Gasteiger partial charge on any atom is -0.455 e. The Morgan fingerprint density at radius 2 is 1.27 bits per heavy atom. The van der Waals surface area contributed by atoms with Crippen molar-refractivity contribution in [3.05, 3.63) is 152 Å². The number of aromatic nitrogens is 3. The first-order chi connectivity index (χ1) is 24.3. The second kappa shape index (κ2) is 10.1. The zero-order valence-corrected chi connectivity index (χ0v) is 26.9. The molecule has 4 aromatic heterocycles. The van der Waals surface area contributed by atoms with Crippen LogP contribution in [0.4, 0.5) is 0 Å². The highest BCUT2D eigenvalue weighted by atomic mass is 32.1. The van der Waals surface area contributed by atoms with E-state index in [0.29, 0.717) is 5.95 Å². The van der Waals surface area contributed by atoms with Gasteiger partial charge >= 0.3 is 0 Å². The van der Waals surface area contributed by atoms with Crippen molar-refractivity contribution >= 4 is 86.2 Å². The van der Waals surface area contributed by atoms with Crippen LogP contribution < -0.4 is 0 Å². The molecule has 5 heteroatoms. The Hall–Kier alpha value is -6.30. The Balaban J connectivity index is 1.27. The molecule has 0 saturated heterocycles. The van der Waals surface area contributed by atoms with Crippen LogP contribution in [0.15, 0.2) is 156 Å². The summed E-state index contributed by atoms with van der Waals surface area (Å²) < 4.78 is 11.4. The average Bonchev–Trinajstić information content (AvgIpc) is 3.84. The van der Waals surface area contributed by atoms with E-state index in [2.05, 4.69) is 144 Å². The van der Waals surface area contributed by atoms with Gasteiger partial charge in [-0.25, -0.2) is 9.97 Å². The molecular weight excluding hydrogens is 619 g/mol. The zero-order chi connectivity index (χ0) is 32.1. The van der Waals surface area contributed by atoms with Gasteiger partial charge in [-0.3, -0.25) is 4.57 Å². The molecule has 4 nitrogen and oxygen atoms in total. The van der Waals surface area contributed by atoms with E-state index < -0.39 is 0 Å². The molecule has 7 aromatic carbocycles. The number of rotatable bonds is 3. The first kappa shape index (κ1) is 26.7. The van der Waals surface area contributed by atoms with Crippen LogP contribution >= 0.6 is 11.3 Å². The molecule has 0 aliphatic carbocycles. The highest BCUT2D eigenvalue weighted by Crippen LogP contribution is 2.44. The topological polar surface area (TPSA) is 43.9 Å². The first-order valence-electron chi connectivity index (χ1n) is 16.4. The summed E-state index contributed by atoms with van der Waals surface area (Å²) in [5, 5.41) is 7.93. The molecule has 0 saturated carbocycles. The third-order valence-electron chi connectivity index (χ3n) is 9.83. The van der Waals surface area contributed by atoms with E-state index in [1.807, 2.05) is 23.5 Å². The van der Waals surface area contributed by atoms with Gasteiger partial charge in [0.15, 0.2) is 0 Å². The van der Waals surface area contributed by atoms with Crippen LogP contribution in [0.5, 0.6) is 0 Å². The lowest BCUT2D eigenvalue weighted by Crippen LogP contribution is -2.03. The fourth-order valence-electron chi connectivity index (χ4n) is 7.61. The van der Waals surface area contributed by atoms with Crippen LogP contribution in [0.3, 0.4) is 0 Å². The van der Waals surface area contributed by atoms with E-state index in [0.717, 1.165) is 77.0 Å². The third-order valence-corrected chi connectivity index (χ3v) is 11.1. The average molecular weight is 644 g/mol. The van der Waals surface area contributed by atoms with Crippen LogP contribution in [0.1, 0.15) is 0 Å². The maximum absolute atomic E-state index is 6.63. The van der Waals surface area contributed by atoms with Gasteiger partial charge in [0.05, 0.1) is 27.6 Å². The third kappa shape index (κ3) is 3.85. The second-order valence-electron chi connectivity index (χ2n) is 12.5. The predicted octanol–water partition coefficient (Wildman–Crippen LogP) is 12.3. The largest absolute Gasteiger partial charge is 0.455 e. The Morgan fingerprint density at radius 1 is 0.510 bits per heavy atom. The summed E-state index contributed by atoms with van der Waals surface area (Å²) in [6.07, 6.45) is 0. The highest BCUT2D eigenvalue weighted by molar-refractivity contribution is 7.26. The van der Waals surface area contributed by atoms with E-state index in [1.165, 1.54) is 20.2 Å². The Labute approximate surface area is 284 Å². The van der Waals surface area contributed by atoms with Gasteiger partial charge in [-0.05, 0) is 47.5 Å². The SMILES string of the molecule is c1ccc(-c2ccc3c4c5oc6ccccc6c5ccc4n(-c4nc(-c5cccc6c5sc5ccccc56)c5ccccc5n4)c3c2)cc1. The van der Waals surface area contributed by atoms with Gasteiger partial charge in [-0.2, -0.15) is 0 Å². The molecule has 11 aromatic rings. The molecule has 0 aliphatic rings. The smallest absolute Gasteiger partial charge is 0.235 e. The van der Waals surface area contributed by atoms with Gasteiger partial charge in [0.25, 0.3) is 0 Å². The van der Waals surface area contributed by atoms with Gasteiger partial charge in [0, 0.05) is 47.3 Å². The number of thiophene rings is 1. The second-order valence-corrected chi connectivity index (χ2v) is 13.6. The fraction of sp³-hybridized carbons (Fsp3) is 0. The number of nitrogens with zero attached hydrogens (tertiary/aromatic N) is 3. The number of hydrogen-bond donors (Lipinski definition) is 0. The van der Waals surface area contributed by atoms with Crippen molar-refractivity contribution in [3.63, 3.8) is 0 Å². The van der Waals surface area contributed by atoms with Gasteiger partial charge in [-0.1, -0.05) is 115 Å². The lowest BCUT2D eigenvalue weighted by atomic mass is 10.0. The van der Waals surface area contributed by atoms with Gasteiger partial charge < -0.3 is 4.42 Å². The summed E-state index contributed by atoms with van der Waals surface area (Å²) in [5.74, 6) is 0.632. The quantitative estimate of drug-likeness (QED) is 0.192. The monoisotopic (exact) mass is 643 g/mol. The summed E-state index contributed by atoms with van der Waals surface area (Å²) in [5.41, 5.74) is 9.04. The molecule has 0 atom stereocenters. The molecule has 0 radical (unpaired) electrons. The molecule has 0 aliphatic heterocycles. The first-order valence-corrected chi connectivity index (χ1v) is 17.2. The summed E-state index contributed by atoms with van der Waals surface area (Å²) in [6, 6.07) is 53.5. The number of furan rings is 1. The molecule has 0 spiro atoms. The Morgan fingerprint density at radius 3 is 2.18 bits per heavy atom. The van der Waals surface area contributed by atoms with Gasteiger partial charge in [-0.15, -0.1) is 11.3 Å². The molecule has 4 heterocycles. The maximum Gasteiger partial charge on any atom is 0.235 e. The molecule has 0 bridgehead atoms. The molecular formula is C44H25N3OS. The maximum atomic E-state index is 6.63. The van der Waals surface area contributed by atoms with E-state index in [4.69, 9.17) is 14.4 Å². The van der Waals surface area contributed by atoms with E-state index >= 15 is 0 Å². The van der Waals surface area contributed by atoms with Gasteiger partial charge in [0.1, 0.15) is 11.2 Å². The van der Waals surface area contributed by atoms with Crippen molar-refractivity contribution in [2.45, 2.75) is 0 Å². The highest BCUT2D eigenvalue weighted by Gasteiger charge is 2.22. The summed E-state index contributed by atoms with van der Waals surface area (Å²) in [4.78, 5) is 10.8. The van der Waals surface area contributed by atoms with Crippen molar-refractivity contribution in [3.8, 4) is 28.3 Å². The minimum atomic E-state index is 0.632. The fourth-order valence-corrected chi connectivity index (χ4v) is 8.83. The zero-order valence-electron chi connectivity index (χ0n) is 26.1. The summed E-state index contributed by atoms with van der Waals surface area (Å²) >= 11 is 1.82. The van der Waals surface area contributed by atoms with Crippen molar-refractivity contribution in [2.24, 2.45) is 0 Å². The number of hydrogen-bond acceptors (Lipinski definition) is 4. The number of para-hydroxylation sites is 2. The van der Waals surface area contributed by atoms with E-state index in [-0.39, 0.29) is 0 Å². The number of fused-ring (bicyclic) bond motifs is 11. The van der Waals surface area contributed by atoms with Crippen molar-refractivity contribution < 1.29 is 4.42 Å². The summed E-state index contributed by atoms with van der Waals surface area (Å²) in [6.45, 7) is 0. The normalized spacial score (nSPS) is 12.1. The number of benzene rings is 7. The van der Waals surface area contributed by atoms with Gasteiger partial charge in [0.2, 0.25) is 5.95 Å². The van der Waals surface area contributed by atoms with Crippen LogP contribution in [0.2, 0.25) is 0 Å². The standard InChI is InChI=1S/C44H25N3OS/c1-2-11-26(12-3-1)27-21-22-33-37(25-27)47(36-24-23-30-28-13-5-8-19-38(28)48-42(30)40(33)36)44-45-35-18-7-4-15-32(35)41(46-44)34-17-10-16-31-29-14-6-9-20-39(29)49-43(31)34/h1-25H. The van der Waals surface area contributed by atoms with Crippen molar-refractivity contribution in [2.75, 3.05) is 0 Å². The van der Waals surface area contributed by atoms with E-state index in [9.17, 15) is 0 Å². The lowest BCUT2D eigenvalue weighted by molar-refractivity contribution is 0.673. The van der Waals surface area contributed by atoms with Crippen molar-refractivity contribution in [1.29, 1.82) is 0 Å². The molecule has 49 heavy (non-hydrogen) atoms. The molecule has 11 rings (SSSR count). The minimum absolute atomic E-state index is 0.632. The molecule has 0 N–H and O–H groups in total. The van der Waals surface area contributed by atoms with Crippen LogP contribution in [0.25, 0.3) is 103 Å². The lowest BCUT2D eigenvalue weighted by Gasteiger charge is -2.12. The predicted molar refractivity (Wildman–Crippen MR) is 205 cm³/mol. The molecule has 228 valence electrons. The van der Waals surface area contributed by atoms with Crippen molar-refractivity contribution in [1.82, 2.24) is 14.5 Å². The molecule has 0 amide bonds. The molecule has 0 unspecified atom stereocenters. The Kier molecular flexibility index (Phi) is 5.51. The van der Waals surface area contributed by atoms with Crippen LogP contribution in [-0.4, -0.2) is 14.5 Å².